The number of aryl methyl sites for hydroxylation is 1. The molecule has 2 aromatic heterocycles. The summed E-state index contributed by atoms with van der Waals surface area (Å²) in [5.41, 5.74) is 1.80. The maximum absolute atomic E-state index is 4.63. The van der Waals surface area contributed by atoms with Gasteiger partial charge in [0.25, 0.3) is 0 Å². The monoisotopic (exact) mass is 229 g/mol. The van der Waals surface area contributed by atoms with Crippen LogP contribution in [0.2, 0.25) is 0 Å². The van der Waals surface area contributed by atoms with E-state index in [9.17, 15) is 0 Å². The van der Waals surface area contributed by atoms with E-state index in [2.05, 4.69) is 19.9 Å². The van der Waals surface area contributed by atoms with Crippen molar-refractivity contribution in [1.82, 2.24) is 19.5 Å². The van der Waals surface area contributed by atoms with Gasteiger partial charge in [-0.2, -0.15) is 4.98 Å². The molecule has 1 saturated carbocycles. The molecular weight excluding hydrogens is 214 g/mol. The third-order valence-electron chi connectivity index (χ3n) is 4.15. The molecule has 1 saturated heterocycles. The van der Waals surface area contributed by atoms with E-state index in [1.54, 1.807) is 6.33 Å². The van der Waals surface area contributed by atoms with Crippen molar-refractivity contribution in [3.8, 4) is 0 Å². The molecule has 4 rings (SSSR count). The van der Waals surface area contributed by atoms with E-state index in [-0.39, 0.29) is 0 Å². The molecule has 88 valence electrons. The third kappa shape index (κ3) is 1.22. The number of imidazole rings is 1. The van der Waals surface area contributed by atoms with Gasteiger partial charge in [-0.05, 0) is 18.8 Å². The Balaban J connectivity index is 1.74. The normalized spacial score (nSPS) is 27.2. The topological polar surface area (TPSA) is 46.8 Å². The van der Waals surface area contributed by atoms with Crippen LogP contribution in [0.3, 0.4) is 0 Å². The lowest BCUT2D eigenvalue weighted by Crippen LogP contribution is -2.54. The van der Waals surface area contributed by atoms with E-state index >= 15 is 0 Å². The Morgan fingerprint density at radius 1 is 1.29 bits per heavy atom. The molecule has 0 amide bonds. The molecular formula is C12H15N5. The minimum atomic E-state index is 0.695. The van der Waals surface area contributed by atoms with Crippen LogP contribution in [-0.4, -0.2) is 32.1 Å². The Bertz CT molecular complexity index is 575. The first-order valence-corrected chi connectivity index (χ1v) is 6.23. The lowest BCUT2D eigenvalue weighted by Gasteiger charge is -2.44. The van der Waals surface area contributed by atoms with Gasteiger partial charge in [0.1, 0.15) is 5.52 Å². The summed E-state index contributed by atoms with van der Waals surface area (Å²) in [6.45, 7) is 1.13. The molecule has 0 unspecified atom stereocenters. The molecule has 1 aliphatic heterocycles. The number of fused-ring (bicyclic) bond motifs is 2. The van der Waals surface area contributed by atoms with Crippen molar-refractivity contribution in [2.75, 3.05) is 11.4 Å². The van der Waals surface area contributed by atoms with Crippen LogP contribution in [0.5, 0.6) is 0 Å². The van der Waals surface area contributed by atoms with Gasteiger partial charge >= 0.3 is 0 Å². The molecule has 1 aliphatic carbocycles. The zero-order chi connectivity index (χ0) is 11.4. The Morgan fingerprint density at radius 3 is 3.12 bits per heavy atom. The first-order chi connectivity index (χ1) is 8.33. The van der Waals surface area contributed by atoms with Crippen molar-refractivity contribution in [1.29, 1.82) is 0 Å². The molecule has 2 aliphatic rings. The average Bonchev–Trinajstić information content (AvgIpc) is 2.85. The first kappa shape index (κ1) is 9.39. The third-order valence-corrected chi connectivity index (χ3v) is 4.15. The second-order valence-corrected chi connectivity index (χ2v) is 5.15. The van der Waals surface area contributed by atoms with Crippen molar-refractivity contribution < 1.29 is 0 Å². The first-order valence-electron chi connectivity index (χ1n) is 6.23. The molecule has 0 N–H and O–H groups in total. The van der Waals surface area contributed by atoms with E-state index in [1.165, 1.54) is 19.3 Å². The Hall–Kier alpha value is -1.65. The van der Waals surface area contributed by atoms with Crippen LogP contribution >= 0.6 is 0 Å². The van der Waals surface area contributed by atoms with Crippen LogP contribution < -0.4 is 4.90 Å². The second-order valence-electron chi connectivity index (χ2n) is 5.15. The minimum Gasteiger partial charge on any atom is -0.337 e. The highest BCUT2D eigenvalue weighted by molar-refractivity contribution is 5.71. The van der Waals surface area contributed by atoms with Gasteiger partial charge in [0.2, 0.25) is 5.95 Å². The number of rotatable bonds is 1. The molecule has 2 fully saturated rings. The van der Waals surface area contributed by atoms with Crippen LogP contribution in [0, 0.1) is 5.92 Å². The molecule has 0 radical (unpaired) electrons. The Morgan fingerprint density at radius 2 is 2.24 bits per heavy atom. The average molecular weight is 229 g/mol. The molecule has 2 atom stereocenters. The maximum Gasteiger partial charge on any atom is 0.227 e. The minimum absolute atomic E-state index is 0.695. The fourth-order valence-corrected chi connectivity index (χ4v) is 3.17. The van der Waals surface area contributed by atoms with Crippen molar-refractivity contribution in [2.24, 2.45) is 13.0 Å². The summed E-state index contributed by atoms with van der Waals surface area (Å²) in [6.07, 6.45) is 7.67. The maximum atomic E-state index is 4.63. The molecule has 0 bridgehead atoms. The zero-order valence-corrected chi connectivity index (χ0v) is 9.87. The molecule has 3 heterocycles. The number of hydrogen-bond donors (Lipinski definition) is 0. The van der Waals surface area contributed by atoms with Crippen LogP contribution in [-0.2, 0) is 7.05 Å². The molecule has 2 aromatic rings. The molecule has 0 aromatic carbocycles. The summed E-state index contributed by atoms with van der Waals surface area (Å²) in [7, 11) is 1.97. The molecule has 5 nitrogen and oxygen atoms in total. The van der Waals surface area contributed by atoms with E-state index in [0.29, 0.717) is 6.04 Å². The number of anilines is 1. The van der Waals surface area contributed by atoms with Gasteiger partial charge in [-0.15, -0.1) is 0 Å². The largest absolute Gasteiger partial charge is 0.337 e. The summed E-state index contributed by atoms with van der Waals surface area (Å²) < 4.78 is 1.95. The lowest BCUT2D eigenvalue weighted by atomic mass is 9.92. The predicted molar refractivity (Wildman–Crippen MR) is 64.8 cm³/mol. The summed E-state index contributed by atoms with van der Waals surface area (Å²) in [6, 6.07) is 0.695. The second kappa shape index (κ2) is 3.18. The van der Waals surface area contributed by atoms with Crippen molar-refractivity contribution in [3.05, 3.63) is 12.5 Å². The van der Waals surface area contributed by atoms with Crippen molar-refractivity contribution in [2.45, 2.75) is 25.3 Å². The standard InChI is InChI=1S/C12H15N5/c1-16-7-14-9-5-13-12(15-11(9)16)17-6-8-3-2-4-10(8)17/h5,7-8,10H,2-4,6H2,1H3/t8-,10-/m0/s1. The zero-order valence-electron chi connectivity index (χ0n) is 9.87. The summed E-state index contributed by atoms with van der Waals surface area (Å²) in [5, 5.41) is 0. The number of aromatic nitrogens is 4. The van der Waals surface area contributed by atoms with Crippen molar-refractivity contribution in [3.63, 3.8) is 0 Å². The quantitative estimate of drug-likeness (QED) is 0.740. The Kier molecular flexibility index (Phi) is 1.76. The highest BCUT2D eigenvalue weighted by Gasteiger charge is 2.43. The Labute approximate surface area is 99.5 Å². The van der Waals surface area contributed by atoms with E-state index in [1.807, 2.05) is 17.8 Å². The number of nitrogens with zero attached hydrogens (tertiary/aromatic N) is 5. The smallest absolute Gasteiger partial charge is 0.227 e. The van der Waals surface area contributed by atoms with Gasteiger partial charge in [-0.1, -0.05) is 6.42 Å². The van der Waals surface area contributed by atoms with Gasteiger partial charge in [0.15, 0.2) is 5.65 Å². The summed E-state index contributed by atoms with van der Waals surface area (Å²) >= 11 is 0. The highest BCUT2D eigenvalue weighted by Crippen LogP contribution is 2.40. The van der Waals surface area contributed by atoms with E-state index in [4.69, 9.17) is 0 Å². The summed E-state index contributed by atoms with van der Waals surface area (Å²) in [5.74, 6) is 1.77. The van der Waals surface area contributed by atoms with Gasteiger partial charge < -0.3 is 9.47 Å². The highest BCUT2D eigenvalue weighted by atomic mass is 15.3. The fraction of sp³-hybridized carbons (Fsp3) is 0.583. The van der Waals surface area contributed by atoms with E-state index in [0.717, 1.165) is 29.6 Å². The lowest BCUT2D eigenvalue weighted by molar-refractivity contribution is 0.333. The van der Waals surface area contributed by atoms with Crippen LogP contribution in [0.15, 0.2) is 12.5 Å². The van der Waals surface area contributed by atoms with Gasteiger partial charge in [0.05, 0.1) is 12.5 Å². The van der Waals surface area contributed by atoms with Gasteiger partial charge in [-0.3, -0.25) is 0 Å². The van der Waals surface area contributed by atoms with E-state index < -0.39 is 0 Å². The van der Waals surface area contributed by atoms with Crippen molar-refractivity contribution >= 4 is 17.1 Å². The van der Waals surface area contributed by atoms with Crippen LogP contribution in [0.1, 0.15) is 19.3 Å². The fourth-order valence-electron chi connectivity index (χ4n) is 3.17. The summed E-state index contributed by atoms with van der Waals surface area (Å²) in [4.78, 5) is 15.7. The van der Waals surface area contributed by atoms with Gasteiger partial charge in [-0.25, -0.2) is 9.97 Å². The number of hydrogen-bond acceptors (Lipinski definition) is 4. The van der Waals surface area contributed by atoms with Crippen LogP contribution in [0.25, 0.3) is 11.2 Å². The molecule has 17 heavy (non-hydrogen) atoms. The van der Waals surface area contributed by atoms with Crippen LogP contribution in [0.4, 0.5) is 5.95 Å². The van der Waals surface area contributed by atoms with Gasteiger partial charge in [0, 0.05) is 19.6 Å². The predicted octanol–water partition coefficient (Wildman–Crippen LogP) is 1.35. The SMILES string of the molecule is Cn1cnc2cnc(N3C[C@@H]4CCC[C@@H]43)nc21. The molecule has 0 spiro atoms. The molecule has 5 heteroatoms.